The lowest BCUT2D eigenvalue weighted by molar-refractivity contribution is 0.0954. The van der Waals surface area contributed by atoms with Crippen molar-refractivity contribution in [3.63, 3.8) is 0 Å². The second kappa shape index (κ2) is 7.60. The summed E-state index contributed by atoms with van der Waals surface area (Å²) in [5.74, 6) is -0.344. The van der Waals surface area contributed by atoms with Crippen LogP contribution in [0.4, 0.5) is 4.39 Å². The first-order chi connectivity index (χ1) is 13.5. The van der Waals surface area contributed by atoms with E-state index in [9.17, 15) is 9.18 Å². The van der Waals surface area contributed by atoms with Crippen molar-refractivity contribution in [2.24, 2.45) is 0 Å². The minimum absolute atomic E-state index is 0.0990. The van der Waals surface area contributed by atoms with Gasteiger partial charge in [0.25, 0.3) is 5.91 Å². The van der Waals surface area contributed by atoms with Crippen molar-refractivity contribution in [1.82, 2.24) is 10.3 Å². The maximum atomic E-state index is 14.1. The molecule has 0 unspecified atom stereocenters. The van der Waals surface area contributed by atoms with Gasteiger partial charge < -0.3 is 10.3 Å². The summed E-state index contributed by atoms with van der Waals surface area (Å²) in [6.45, 7) is 4.42. The third-order valence-corrected chi connectivity index (χ3v) is 5.96. The molecular weight excluding hydrogens is 371 g/mol. The zero-order valence-electron chi connectivity index (χ0n) is 15.8. The highest BCUT2D eigenvalue weighted by atomic mass is 32.1. The molecule has 0 atom stereocenters. The monoisotopic (exact) mass is 392 g/mol. The summed E-state index contributed by atoms with van der Waals surface area (Å²) >= 11 is 1.68. The minimum atomic E-state index is -0.246. The fourth-order valence-corrected chi connectivity index (χ4v) is 4.32. The number of H-pyrrole nitrogens is 1. The van der Waals surface area contributed by atoms with Crippen LogP contribution in [-0.4, -0.2) is 17.4 Å². The van der Waals surface area contributed by atoms with Crippen molar-refractivity contribution in [3.8, 4) is 10.4 Å². The van der Waals surface area contributed by atoms with E-state index < -0.39 is 0 Å². The molecule has 142 valence electrons. The Morgan fingerprint density at radius 3 is 2.61 bits per heavy atom. The molecule has 0 saturated heterocycles. The average molecular weight is 392 g/mol. The number of aromatic nitrogens is 1. The highest BCUT2D eigenvalue weighted by Crippen LogP contribution is 2.28. The Bertz CT molecular complexity index is 1130. The summed E-state index contributed by atoms with van der Waals surface area (Å²) in [5, 5.41) is 5.93. The standard InChI is InChI=1S/C23H21FN2OS/c1-14-5-10-19(24)22-21(14)18(15(2)26-22)11-12-25-23(27)17-8-6-16(7-9-17)20-4-3-13-28-20/h3-10,13,26H,11-12H2,1-2H3,(H,25,27). The van der Waals surface area contributed by atoms with Crippen LogP contribution in [0.3, 0.4) is 0 Å². The number of carbonyl (C=O) groups is 1. The first-order valence-electron chi connectivity index (χ1n) is 9.23. The van der Waals surface area contributed by atoms with E-state index in [0.29, 0.717) is 24.0 Å². The summed E-state index contributed by atoms with van der Waals surface area (Å²) in [7, 11) is 0. The molecule has 3 nitrogen and oxygen atoms in total. The molecule has 1 amide bonds. The number of fused-ring (bicyclic) bond motifs is 1. The van der Waals surface area contributed by atoms with Gasteiger partial charge in [0.2, 0.25) is 0 Å². The minimum Gasteiger partial charge on any atom is -0.356 e. The van der Waals surface area contributed by atoms with Gasteiger partial charge in [-0.1, -0.05) is 24.3 Å². The van der Waals surface area contributed by atoms with Crippen molar-refractivity contribution in [2.45, 2.75) is 20.3 Å². The lowest BCUT2D eigenvalue weighted by Crippen LogP contribution is -2.25. The Morgan fingerprint density at radius 2 is 1.89 bits per heavy atom. The maximum absolute atomic E-state index is 14.1. The van der Waals surface area contributed by atoms with E-state index >= 15 is 0 Å². The van der Waals surface area contributed by atoms with Gasteiger partial charge in [0.15, 0.2) is 0 Å². The van der Waals surface area contributed by atoms with Crippen molar-refractivity contribution in [2.75, 3.05) is 6.54 Å². The SMILES string of the molecule is Cc1[nH]c2c(F)ccc(C)c2c1CCNC(=O)c1ccc(-c2cccs2)cc1. The van der Waals surface area contributed by atoms with Crippen LogP contribution >= 0.6 is 11.3 Å². The Kier molecular flexibility index (Phi) is 5.01. The molecule has 0 bridgehead atoms. The molecule has 0 aliphatic heterocycles. The number of hydrogen-bond acceptors (Lipinski definition) is 2. The van der Waals surface area contributed by atoms with Crippen molar-refractivity contribution < 1.29 is 9.18 Å². The quantitative estimate of drug-likeness (QED) is 0.455. The van der Waals surface area contributed by atoms with Crippen molar-refractivity contribution in [3.05, 3.63) is 82.1 Å². The number of halogens is 1. The zero-order valence-corrected chi connectivity index (χ0v) is 16.6. The van der Waals surface area contributed by atoms with E-state index in [1.807, 2.05) is 49.6 Å². The molecule has 0 saturated carbocycles. The molecular formula is C23H21FN2OS. The number of carbonyl (C=O) groups excluding carboxylic acids is 1. The molecule has 0 fully saturated rings. The normalized spacial score (nSPS) is 11.1. The second-order valence-corrected chi connectivity index (χ2v) is 7.85. The Labute approximate surface area is 167 Å². The molecule has 2 aromatic carbocycles. The van der Waals surface area contributed by atoms with Gasteiger partial charge in [-0.05, 0) is 66.6 Å². The van der Waals surface area contributed by atoms with E-state index in [4.69, 9.17) is 0 Å². The number of amides is 1. The molecule has 2 heterocycles. The predicted octanol–water partition coefficient (Wildman–Crippen LogP) is 5.62. The predicted molar refractivity (Wildman–Crippen MR) is 114 cm³/mol. The van der Waals surface area contributed by atoms with Gasteiger partial charge in [-0.3, -0.25) is 4.79 Å². The first-order valence-corrected chi connectivity index (χ1v) is 10.1. The molecule has 0 aliphatic rings. The van der Waals surface area contributed by atoms with E-state index in [0.717, 1.165) is 27.8 Å². The van der Waals surface area contributed by atoms with Gasteiger partial charge in [-0.15, -0.1) is 11.3 Å². The summed E-state index contributed by atoms with van der Waals surface area (Å²) in [6, 6.07) is 15.0. The van der Waals surface area contributed by atoms with Crippen LogP contribution in [0.1, 0.15) is 27.2 Å². The molecule has 0 spiro atoms. The average Bonchev–Trinajstić information content (AvgIpc) is 3.34. The fourth-order valence-electron chi connectivity index (χ4n) is 3.59. The van der Waals surface area contributed by atoms with Gasteiger partial charge in [-0.25, -0.2) is 4.39 Å². The van der Waals surface area contributed by atoms with Gasteiger partial charge in [0, 0.05) is 28.1 Å². The van der Waals surface area contributed by atoms with Gasteiger partial charge >= 0.3 is 0 Å². The Balaban J connectivity index is 1.44. The van der Waals surface area contributed by atoms with E-state index in [1.165, 1.54) is 10.9 Å². The number of nitrogens with one attached hydrogen (secondary N) is 2. The van der Waals surface area contributed by atoms with Crippen LogP contribution in [0.25, 0.3) is 21.3 Å². The Hall–Kier alpha value is -2.92. The number of benzene rings is 2. The van der Waals surface area contributed by atoms with E-state index in [1.54, 1.807) is 17.4 Å². The number of aryl methyl sites for hydroxylation is 2. The zero-order chi connectivity index (χ0) is 19.7. The molecule has 4 aromatic rings. The smallest absolute Gasteiger partial charge is 0.251 e. The molecule has 28 heavy (non-hydrogen) atoms. The van der Waals surface area contributed by atoms with Crippen LogP contribution in [0.15, 0.2) is 53.9 Å². The fraction of sp³-hybridized carbons (Fsp3) is 0.174. The summed E-state index contributed by atoms with van der Waals surface area (Å²) in [5.41, 5.74) is 5.32. The Morgan fingerprint density at radius 1 is 1.11 bits per heavy atom. The van der Waals surface area contributed by atoms with Crippen LogP contribution in [0, 0.1) is 19.7 Å². The lowest BCUT2D eigenvalue weighted by Gasteiger charge is -2.07. The second-order valence-electron chi connectivity index (χ2n) is 6.90. The number of rotatable bonds is 5. The van der Waals surface area contributed by atoms with Crippen LogP contribution in [-0.2, 0) is 6.42 Å². The number of aromatic amines is 1. The van der Waals surface area contributed by atoms with Gasteiger partial charge in [-0.2, -0.15) is 0 Å². The van der Waals surface area contributed by atoms with Crippen LogP contribution < -0.4 is 5.32 Å². The van der Waals surface area contributed by atoms with E-state index in [-0.39, 0.29) is 11.7 Å². The first kappa shape index (κ1) is 18.4. The molecule has 0 aliphatic carbocycles. The lowest BCUT2D eigenvalue weighted by atomic mass is 10.0. The maximum Gasteiger partial charge on any atom is 0.251 e. The topological polar surface area (TPSA) is 44.9 Å². The third kappa shape index (κ3) is 3.45. The molecule has 4 rings (SSSR count). The van der Waals surface area contributed by atoms with Crippen LogP contribution in [0.5, 0.6) is 0 Å². The molecule has 2 aromatic heterocycles. The summed E-state index contributed by atoms with van der Waals surface area (Å²) in [6.07, 6.45) is 0.648. The molecule has 2 N–H and O–H groups in total. The third-order valence-electron chi connectivity index (χ3n) is 5.04. The van der Waals surface area contributed by atoms with Gasteiger partial charge in [0.1, 0.15) is 5.82 Å². The van der Waals surface area contributed by atoms with Gasteiger partial charge in [0.05, 0.1) is 5.52 Å². The highest BCUT2D eigenvalue weighted by Gasteiger charge is 2.14. The number of thiophene rings is 1. The highest BCUT2D eigenvalue weighted by molar-refractivity contribution is 7.13. The molecule has 0 radical (unpaired) electrons. The summed E-state index contributed by atoms with van der Waals surface area (Å²) < 4.78 is 14.1. The van der Waals surface area contributed by atoms with E-state index in [2.05, 4.69) is 16.4 Å². The summed E-state index contributed by atoms with van der Waals surface area (Å²) in [4.78, 5) is 16.8. The van der Waals surface area contributed by atoms with Crippen LogP contribution in [0.2, 0.25) is 0 Å². The van der Waals surface area contributed by atoms with Crippen molar-refractivity contribution >= 4 is 28.1 Å². The number of hydrogen-bond donors (Lipinski definition) is 2. The molecule has 5 heteroatoms. The van der Waals surface area contributed by atoms with Crippen molar-refractivity contribution in [1.29, 1.82) is 0 Å². The largest absolute Gasteiger partial charge is 0.356 e.